The SMILES string of the molecule is [C-]#[N+]c1ccc(-c2ccc3c(c2)c2cc(-c4ccc(C#N)cc4)ccc2n3-c2ccc(-c3nc(-c4ccccc4)cc(-c4ccccc4)n3)cc2-c2nc(-c3ccccc3)nc(-c3ccccc3)n2)cc1. The molecule has 0 saturated carbocycles. The number of rotatable bonds is 9. The smallest absolute Gasteiger partial charge is 0.187 e. The van der Waals surface area contributed by atoms with E-state index in [0.29, 0.717) is 34.5 Å². The monoisotopic (exact) mass is 906 g/mol. The largest absolute Gasteiger partial charge is 0.308 e. The predicted octanol–water partition coefficient (Wildman–Crippen LogP) is 15.5. The molecule has 330 valence electrons. The summed E-state index contributed by atoms with van der Waals surface area (Å²) in [6.45, 7) is 7.55. The maximum Gasteiger partial charge on any atom is 0.187 e. The molecule has 0 radical (unpaired) electrons. The van der Waals surface area contributed by atoms with E-state index >= 15 is 0 Å². The van der Waals surface area contributed by atoms with Gasteiger partial charge in [0.15, 0.2) is 29.0 Å². The van der Waals surface area contributed by atoms with E-state index < -0.39 is 0 Å². The van der Waals surface area contributed by atoms with Crippen LogP contribution in [0.2, 0.25) is 0 Å². The van der Waals surface area contributed by atoms with Crippen LogP contribution in [0.4, 0.5) is 5.69 Å². The molecule has 3 aromatic heterocycles. The molecule has 9 aromatic carbocycles. The fraction of sp³-hybridized carbons (Fsp3) is 0. The fourth-order valence-electron chi connectivity index (χ4n) is 9.18. The predicted molar refractivity (Wildman–Crippen MR) is 284 cm³/mol. The maximum atomic E-state index is 9.58. The van der Waals surface area contributed by atoms with E-state index in [0.717, 1.165) is 94.5 Å². The van der Waals surface area contributed by atoms with E-state index in [1.807, 2.05) is 152 Å². The molecular weight excluding hydrogens is 869 g/mol. The molecule has 71 heavy (non-hydrogen) atoms. The van der Waals surface area contributed by atoms with Crippen LogP contribution in [0, 0.1) is 17.9 Å². The third kappa shape index (κ3) is 8.14. The lowest BCUT2D eigenvalue weighted by Crippen LogP contribution is -2.04. The first kappa shape index (κ1) is 42.2. The molecule has 0 atom stereocenters. The van der Waals surface area contributed by atoms with Crippen LogP contribution in [0.1, 0.15) is 5.56 Å². The summed E-state index contributed by atoms with van der Waals surface area (Å²) in [6.07, 6.45) is 0. The Kier molecular flexibility index (Phi) is 10.8. The average Bonchev–Trinajstić information content (AvgIpc) is 3.78. The van der Waals surface area contributed by atoms with Crippen LogP contribution in [0.25, 0.3) is 123 Å². The topological polar surface area (TPSA) is 97.5 Å². The van der Waals surface area contributed by atoms with Crippen molar-refractivity contribution in [3.63, 3.8) is 0 Å². The molecule has 0 N–H and O–H groups in total. The Labute approximate surface area is 410 Å². The first-order chi connectivity index (χ1) is 35.1. The summed E-state index contributed by atoms with van der Waals surface area (Å²) < 4.78 is 2.29. The molecule has 0 aliphatic rings. The average molecular weight is 907 g/mol. The fourth-order valence-corrected chi connectivity index (χ4v) is 9.18. The molecule has 8 nitrogen and oxygen atoms in total. The van der Waals surface area contributed by atoms with E-state index in [1.54, 1.807) is 0 Å². The molecule has 3 heterocycles. The van der Waals surface area contributed by atoms with Gasteiger partial charge in [-0.05, 0) is 82.9 Å². The highest BCUT2D eigenvalue weighted by atomic mass is 15.1. The van der Waals surface area contributed by atoms with Gasteiger partial charge in [-0.2, -0.15) is 5.26 Å². The Morgan fingerprint density at radius 2 is 0.789 bits per heavy atom. The number of hydrogen-bond acceptors (Lipinski definition) is 6. The Morgan fingerprint density at radius 3 is 1.27 bits per heavy atom. The van der Waals surface area contributed by atoms with E-state index in [4.69, 9.17) is 31.5 Å². The van der Waals surface area contributed by atoms with Crippen molar-refractivity contribution in [2.45, 2.75) is 0 Å². The zero-order chi connectivity index (χ0) is 47.7. The second-order valence-corrected chi connectivity index (χ2v) is 17.1. The summed E-state index contributed by atoms with van der Waals surface area (Å²) in [4.78, 5) is 29.8. The van der Waals surface area contributed by atoms with Crippen molar-refractivity contribution in [3.05, 3.63) is 248 Å². The van der Waals surface area contributed by atoms with Gasteiger partial charge in [0.25, 0.3) is 0 Å². The lowest BCUT2D eigenvalue weighted by molar-refractivity contribution is 1.06. The lowest BCUT2D eigenvalue weighted by Gasteiger charge is -2.17. The molecule has 0 aliphatic heterocycles. The van der Waals surface area contributed by atoms with Crippen molar-refractivity contribution < 1.29 is 0 Å². The van der Waals surface area contributed by atoms with E-state index in [-0.39, 0.29) is 0 Å². The number of nitriles is 1. The summed E-state index contributed by atoms with van der Waals surface area (Å²) in [5.74, 6) is 2.13. The molecule has 0 saturated heterocycles. The van der Waals surface area contributed by atoms with Gasteiger partial charge >= 0.3 is 0 Å². The molecule has 0 amide bonds. The van der Waals surface area contributed by atoms with Crippen LogP contribution >= 0.6 is 0 Å². The maximum absolute atomic E-state index is 9.58. The second-order valence-electron chi connectivity index (χ2n) is 17.1. The minimum Gasteiger partial charge on any atom is -0.308 e. The summed E-state index contributed by atoms with van der Waals surface area (Å²) in [5, 5.41) is 11.7. The minimum atomic E-state index is 0.484. The van der Waals surface area contributed by atoms with Crippen molar-refractivity contribution in [1.82, 2.24) is 29.5 Å². The first-order valence-electron chi connectivity index (χ1n) is 23.2. The molecule has 0 bridgehead atoms. The zero-order valence-electron chi connectivity index (χ0n) is 38.0. The summed E-state index contributed by atoms with van der Waals surface area (Å²) in [6, 6.07) is 79.5. The summed E-state index contributed by atoms with van der Waals surface area (Å²) >= 11 is 0. The van der Waals surface area contributed by atoms with E-state index in [1.165, 1.54) is 0 Å². The van der Waals surface area contributed by atoms with Crippen LogP contribution in [0.3, 0.4) is 0 Å². The van der Waals surface area contributed by atoms with Gasteiger partial charge < -0.3 is 4.57 Å². The molecule has 0 spiro atoms. The quantitative estimate of drug-likeness (QED) is 0.134. The van der Waals surface area contributed by atoms with Crippen molar-refractivity contribution >= 4 is 27.5 Å². The van der Waals surface area contributed by atoms with Crippen molar-refractivity contribution in [2.24, 2.45) is 0 Å². The van der Waals surface area contributed by atoms with Crippen LogP contribution in [0.5, 0.6) is 0 Å². The highest BCUT2D eigenvalue weighted by molar-refractivity contribution is 6.12. The molecule has 0 aliphatic carbocycles. The Morgan fingerprint density at radius 1 is 0.366 bits per heavy atom. The van der Waals surface area contributed by atoms with Gasteiger partial charge in [-0.1, -0.05) is 170 Å². The highest BCUT2D eigenvalue weighted by Gasteiger charge is 2.22. The van der Waals surface area contributed by atoms with Crippen LogP contribution in [0.15, 0.2) is 231 Å². The highest BCUT2D eigenvalue weighted by Crippen LogP contribution is 2.41. The standard InChI is InChI=1S/C63H38N8/c1-65-51-31-26-43(27-32-51)49-29-34-58-53(37-49)52-36-48(42-24-22-41(40-64)23-25-42)28-33-57(52)71(58)59-35-30-50(62-66-55(44-14-6-2-7-15-44)39-56(67-62)45-16-8-3-9-17-45)38-54(59)63-69-60(46-18-10-4-11-19-46)68-61(70-63)47-20-12-5-13-21-47/h2-39H. The third-order valence-electron chi connectivity index (χ3n) is 12.7. The van der Waals surface area contributed by atoms with Crippen molar-refractivity contribution in [1.29, 1.82) is 5.26 Å². The van der Waals surface area contributed by atoms with E-state index in [9.17, 15) is 5.26 Å². The summed E-state index contributed by atoms with van der Waals surface area (Å²) in [5.41, 5.74) is 14.9. The number of fused-ring (bicyclic) bond motifs is 3. The minimum absolute atomic E-state index is 0.484. The van der Waals surface area contributed by atoms with Crippen LogP contribution in [-0.2, 0) is 0 Å². The Bertz CT molecular complexity index is 3800. The third-order valence-corrected chi connectivity index (χ3v) is 12.7. The molecule has 8 heteroatoms. The Hall–Kier alpha value is -10.2. The molecule has 12 aromatic rings. The van der Waals surface area contributed by atoms with Gasteiger partial charge in [-0.15, -0.1) is 0 Å². The molecule has 0 unspecified atom stereocenters. The van der Waals surface area contributed by atoms with Crippen LogP contribution in [-0.4, -0.2) is 29.5 Å². The van der Waals surface area contributed by atoms with Crippen molar-refractivity contribution in [2.75, 3.05) is 0 Å². The molecular formula is C63H38N8. The van der Waals surface area contributed by atoms with Gasteiger partial charge in [-0.25, -0.2) is 29.8 Å². The lowest BCUT2D eigenvalue weighted by atomic mass is 9.99. The number of hydrogen-bond donors (Lipinski definition) is 0. The normalized spacial score (nSPS) is 11.1. The van der Waals surface area contributed by atoms with Gasteiger partial charge in [0.2, 0.25) is 0 Å². The van der Waals surface area contributed by atoms with Gasteiger partial charge in [0, 0.05) is 44.2 Å². The number of benzene rings is 9. The van der Waals surface area contributed by atoms with Crippen molar-refractivity contribution in [3.8, 4) is 102 Å². The first-order valence-corrected chi connectivity index (χ1v) is 23.2. The molecule has 0 fully saturated rings. The summed E-state index contributed by atoms with van der Waals surface area (Å²) in [7, 11) is 0. The second kappa shape index (κ2) is 18.2. The zero-order valence-corrected chi connectivity index (χ0v) is 38.0. The van der Waals surface area contributed by atoms with Gasteiger partial charge in [-0.3, -0.25) is 0 Å². The Balaban J connectivity index is 1.14. The number of nitrogens with zero attached hydrogens (tertiary/aromatic N) is 8. The van der Waals surface area contributed by atoms with Gasteiger partial charge in [0.1, 0.15) is 0 Å². The van der Waals surface area contributed by atoms with Crippen LogP contribution < -0.4 is 0 Å². The van der Waals surface area contributed by atoms with Gasteiger partial charge in [0.05, 0.1) is 46.3 Å². The number of aromatic nitrogens is 6. The van der Waals surface area contributed by atoms with E-state index in [2.05, 4.69) is 94.3 Å². The molecule has 12 rings (SSSR count).